The molecule has 3 aliphatic rings. The Labute approximate surface area is 318 Å². The highest BCUT2D eigenvalue weighted by atomic mass is 16.6. The van der Waals surface area contributed by atoms with Crippen molar-refractivity contribution in [3.63, 3.8) is 0 Å². The zero-order valence-electron chi connectivity index (χ0n) is 31.2. The van der Waals surface area contributed by atoms with Crippen LogP contribution in [0.25, 0.3) is 0 Å². The number of fused-ring (bicyclic) bond motifs is 4. The van der Waals surface area contributed by atoms with Crippen molar-refractivity contribution in [3.8, 4) is 23.0 Å². The molecule has 1 aliphatic carbocycles. The first-order valence-electron chi connectivity index (χ1n) is 19.2. The molecule has 0 amide bonds. The topological polar surface area (TPSA) is 92.3 Å². The third-order valence-corrected chi connectivity index (χ3v) is 9.42. The number of ether oxygens (including phenoxy) is 10. The molecular weight excluding hydrogens is 688 g/mol. The molecule has 0 saturated heterocycles. The Morgan fingerprint density at radius 1 is 0.278 bits per heavy atom. The highest BCUT2D eigenvalue weighted by Gasteiger charge is 2.19. The molecule has 0 saturated carbocycles. The molecule has 2 aliphatic heterocycles. The molecule has 0 atom stereocenters. The SMILES string of the molecule is c1cc2c3c(c1)Cc1cccc(c1OCCOCCOCCO3)Cc1cc3cc(c1)OCCOCCOCCOCCOCCOc1cc(cc(c1)C2)C3. The standard InChI is InChI=1S/C44H52O10/c1-3-37-26-35-24-33-23-34-25-36(27-38-4-2-6-40-32-39(5-1)43(37)53-21-17-49-13-14-50-18-22-54-44(38)40)31-42(29-34)52-20-16-48-12-10-46-8-7-45-9-11-47-15-19-51-41(28-33)30-35/h1-6,24-25,28-31H,7-23,26-27,32H2. The molecule has 12 bridgehead atoms. The van der Waals surface area contributed by atoms with Crippen molar-refractivity contribution >= 4 is 0 Å². The Hall–Kier alpha value is -4.16. The lowest BCUT2D eigenvalue weighted by Gasteiger charge is -2.20. The highest BCUT2D eigenvalue weighted by molar-refractivity contribution is 5.52. The van der Waals surface area contributed by atoms with Crippen LogP contribution < -0.4 is 18.9 Å². The fraction of sp³-hybridized carbons (Fsp3) is 0.455. The van der Waals surface area contributed by atoms with Crippen molar-refractivity contribution in [2.24, 2.45) is 0 Å². The average molecular weight is 741 g/mol. The third-order valence-electron chi connectivity index (χ3n) is 9.42. The summed E-state index contributed by atoms with van der Waals surface area (Å²) in [5, 5.41) is 0. The normalized spacial score (nSPS) is 18.5. The van der Waals surface area contributed by atoms with E-state index in [1.165, 1.54) is 0 Å². The summed E-state index contributed by atoms with van der Waals surface area (Å²) in [6, 6.07) is 26.0. The molecule has 288 valence electrons. The Kier molecular flexibility index (Phi) is 14.5. The van der Waals surface area contributed by atoms with Crippen molar-refractivity contribution in [3.05, 3.63) is 117 Å². The van der Waals surface area contributed by atoms with E-state index < -0.39 is 0 Å². The van der Waals surface area contributed by atoms with Crippen LogP contribution in [-0.2, 0) is 54.1 Å². The Balaban J connectivity index is 1.29. The minimum absolute atomic E-state index is 0.427. The molecule has 0 spiro atoms. The molecule has 0 radical (unpaired) electrons. The lowest BCUT2D eigenvalue weighted by atomic mass is 9.92. The third kappa shape index (κ3) is 11.4. The van der Waals surface area contributed by atoms with Gasteiger partial charge in [-0.15, -0.1) is 0 Å². The zero-order chi connectivity index (χ0) is 36.6. The second-order valence-electron chi connectivity index (χ2n) is 13.6. The van der Waals surface area contributed by atoms with E-state index in [-0.39, 0.29) is 0 Å². The predicted octanol–water partition coefficient (Wildman–Crippen LogP) is 6.01. The van der Waals surface area contributed by atoms with Gasteiger partial charge in [0.15, 0.2) is 0 Å². The van der Waals surface area contributed by atoms with E-state index >= 15 is 0 Å². The quantitative estimate of drug-likeness (QED) is 0.188. The minimum Gasteiger partial charge on any atom is -0.491 e. The smallest absolute Gasteiger partial charge is 0.126 e. The second-order valence-corrected chi connectivity index (χ2v) is 13.6. The van der Waals surface area contributed by atoms with Gasteiger partial charge >= 0.3 is 0 Å². The summed E-state index contributed by atoms with van der Waals surface area (Å²) in [6.07, 6.45) is 2.67. The molecule has 0 fully saturated rings. The lowest BCUT2D eigenvalue weighted by Crippen LogP contribution is -2.14. The molecule has 10 heteroatoms. The Bertz CT molecular complexity index is 1650. The number of para-hydroxylation sites is 2. The van der Waals surface area contributed by atoms with E-state index in [1.807, 2.05) is 0 Å². The highest BCUT2D eigenvalue weighted by Crippen LogP contribution is 2.35. The van der Waals surface area contributed by atoms with Crippen molar-refractivity contribution in [1.29, 1.82) is 0 Å². The van der Waals surface area contributed by atoms with Gasteiger partial charge in [0.05, 0.1) is 79.3 Å². The van der Waals surface area contributed by atoms with E-state index in [4.69, 9.17) is 47.4 Å². The molecule has 4 aromatic rings. The summed E-state index contributed by atoms with van der Waals surface area (Å²) in [6.45, 7) is 7.58. The Morgan fingerprint density at radius 3 is 0.944 bits per heavy atom. The summed E-state index contributed by atoms with van der Waals surface area (Å²) < 4.78 is 60.4. The van der Waals surface area contributed by atoms with Gasteiger partial charge in [-0.3, -0.25) is 0 Å². The van der Waals surface area contributed by atoms with Crippen molar-refractivity contribution in [1.82, 2.24) is 0 Å². The largest absolute Gasteiger partial charge is 0.491 e. The van der Waals surface area contributed by atoms with E-state index in [2.05, 4.69) is 72.8 Å². The van der Waals surface area contributed by atoms with Crippen LogP contribution >= 0.6 is 0 Å². The van der Waals surface area contributed by atoms with Gasteiger partial charge in [0.2, 0.25) is 0 Å². The van der Waals surface area contributed by atoms with Crippen molar-refractivity contribution in [2.75, 3.05) is 106 Å². The number of rotatable bonds is 0. The van der Waals surface area contributed by atoms with Crippen LogP contribution in [0.2, 0.25) is 0 Å². The Morgan fingerprint density at radius 2 is 0.574 bits per heavy atom. The van der Waals surface area contributed by atoms with Crippen molar-refractivity contribution < 1.29 is 47.4 Å². The summed E-state index contributed by atoms with van der Waals surface area (Å²) >= 11 is 0. The van der Waals surface area contributed by atoms with Crippen LogP contribution in [0.3, 0.4) is 0 Å². The first-order valence-corrected chi connectivity index (χ1v) is 19.2. The van der Waals surface area contributed by atoms with Gasteiger partial charge in [-0.05, 0) is 75.2 Å². The molecule has 0 aromatic heterocycles. The van der Waals surface area contributed by atoms with Crippen LogP contribution in [0.1, 0.15) is 44.5 Å². The molecule has 7 rings (SSSR count). The fourth-order valence-electron chi connectivity index (χ4n) is 7.04. The predicted molar refractivity (Wildman–Crippen MR) is 204 cm³/mol. The van der Waals surface area contributed by atoms with Gasteiger partial charge in [-0.1, -0.05) is 48.5 Å². The van der Waals surface area contributed by atoms with Crippen LogP contribution in [0, 0.1) is 0 Å². The molecular formula is C44H52O10. The van der Waals surface area contributed by atoms with Crippen LogP contribution in [-0.4, -0.2) is 106 Å². The van der Waals surface area contributed by atoms with Crippen LogP contribution in [0.5, 0.6) is 23.0 Å². The van der Waals surface area contributed by atoms with Crippen LogP contribution in [0.4, 0.5) is 0 Å². The van der Waals surface area contributed by atoms with E-state index in [9.17, 15) is 0 Å². The fourth-order valence-corrected chi connectivity index (χ4v) is 7.04. The van der Waals surface area contributed by atoms with Gasteiger partial charge in [0.25, 0.3) is 0 Å². The maximum absolute atomic E-state index is 6.59. The van der Waals surface area contributed by atoms with Gasteiger partial charge < -0.3 is 47.4 Å². The second kappa shape index (κ2) is 20.5. The molecule has 0 unspecified atom stereocenters. The molecule has 4 aromatic carbocycles. The van der Waals surface area contributed by atoms with E-state index in [0.717, 1.165) is 67.5 Å². The summed E-state index contributed by atoms with van der Waals surface area (Å²) in [5.74, 6) is 3.38. The molecule has 10 nitrogen and oxygen atoms in total. The lowest BCUT2D eigenvalue weighted by molar-refractivity contribution is -0.00699. The number of benzene rings is 4. The maximum atomic E-state index is 6.59. The minimum atomic E-state index is 0.427. The summed E-state index contributed by atoms with van der Waals surface area (Å²) in [4.78, 5) is 0. The van der Waals surface area contributed by atoms with Crippen LogP contribution in [0.15, 0.2) is 72.8 Å². The first-order chi connectivity index (χ1) is 26.8. The number of hydrogen-bond donors (Lipinski definition) is 0. The molecule has 2 heterocycles. The summed E-state index contributed by atoms with van der Waals surface area (Å²) in [5.41, 5.74) is 8.96. The molecule has 0 N–H and O–H groups in total. The van der Waals surface area contributed by atoms with Gasteiger partial charge in [0.1, 0.15) is 49.4 Å². The number of hydrogen-bond acceptors (Lipinski definition) is 10. The molecule has 54 heavy (non-hydrogen) atoms. The monoisotopic (exact) mass is 740 g/mol. The zero-order valence-corrected chi connectivity index (χ0v) is 31.2. The summed E-state index contributed by atoms with van der Waals surface area (Å²) in [7, 11) is 0. The average Bonchev–Trinajstić information content (AvgIpc) is 3.17. The van der Waals surface area contributed by atoms with E-state index in [0.29, 0.717) is 131 Å². The van der Waals surface area contributed by atoms with Gasteiger partial charge in [0, 0.05) is 19.3 Å². The van der Waals surface area contributed by atoms with E-state index in [1.54, 1.807) is 0 Å². The van der Waals surface area contributed by atoms with Gasteiger partial charge in [-0.25, -0.2) is 0 Å². The first kappa shape index (κ1) is 38.1. The van der Waals surface area contributed by atoms with Gasteiger partial charge in [-0.2, -0.15) is 0 Å². The van der Waals surface area contributed by atoms with Crippen molar-refractivity contribution in [2.45, 2.75) is 25.7 Å². The maximum Gasteiger partial charge on any atom is 0.126 e.